The summed E-state index contributed by atoms with van der Waals surface area (Å²) in [6, 6.07) is 0. The van der Waals surface area contributed by atoms with Crippen LogP contribution in [0.1, 0.15) is 0 Å². The average Bonchev–Trinajstić information content (AvgIpc) is 2.84. The molecule has 0 bridgehead atoms. The molecule has 2 saturated heterocycles. The number of aldehydes is 1. The quantitative estimate of drug-likeness (QED) is 0.117. The third-order valence-corrected chi connectivity index (χ3v) is 5.64. The van der Waals surface area contributed by atoms with Gasteiger partial charge < -0.3 is 79.9 Å². The van der Waals surface area contributed by atoms with E-state index in [1.165, 1.54) is 0 Å². The van der Waals surface area contributed by atoms with Crippen molar-refractivity contribution in [1.29, 1.82) is 0 Å². The summed E-state index contributed by atoms with van der Waals surface area (Å²) in [7, 11) is 0. The van der Waals surface area contributed by atoms with E-state index in [2.05, 4.69) is 0 Å². The van der Waals surface area contributed by atoms with Gasteiger partial charge >= 0.3 is 0 Å². The maximum absolute atomic E-state index is 10.8. The summed E-state index contributed by atoms with van der Waals surface area (Å²) in [5.41, 5.74) is 0. The minimum Gasteiger partial charge on any atom is -0.394 e. The predicted octanol–water partition coefficient (Wildman–Crippen LogP) is -7.73. The van der Waals surface area contributed by atoms with Crippen molar-refractivity contribution in [2.75, 3.05) is 19.8 Å². The molecule has 2 heterocycles. The zero-order valence-electron chi connectivity index (χ0n) is 17.7. The van der Waals surface area contributed by atoms with Crippen LogP contribution in [0.15, 0.2) is 0 Å². The van der Waals surface area contributed by atoms with E-state index in [0.717, 1.165) is 0 Å². The van der Waals surface area contributed by atoms with Crippen molar-refractivity contribution in [2.24, 2.45) is 0 Å². The maximum Gasteiger partial charge on any atom is 0.187 e. The fraction of sp³-hybridized carbons (Fsp3) is 0.944. The highest BCUT2D eigenvalue weighted by Gasteiger charge is 2.51. The molecule has 11 N–H and O–H groups in total. The van der Waals surface area contributed by atoms with Crippen LogP contribution in [0.4, 0.5) is 0 Å². The Labute approximate surface area is 192 Å². The lowest BCUT2D eigenvalue weighted by atomic mass is 9.96. The first-order valence-electron chi connectivity index (χ1n) is 10.4. The molecule has 0 amide bonds. The molecule has 2 fully saturated rings. The molecule has 200 valence electrons. The molecule has 0 aromatic carbocycles. The van der Waals surface area contributed by atoms with Gasteiger partial charge in [-0.25, -0.2) is 0 Å². The summed E-state index contributed by atoms with van der Waals surface area (Å²) in [6.07, 6.45) is -25.4. The van der Waals surface area contributed by atoms with Gasteiger partial charge in [0.05, 0.1) is 19.8 Å². The second-order valence-electron chi connectivity index (χ2n) is 7.97. The molecule has 0 aliphatic carbocycles. The summed E-state index contributed by atoms with van der Waals surface area (Å²) in [6.45, 7) is -2.64. The van der Waals surface area contributed by atoms with E-state index in [-0.39, 0.29) is 6.29 Å². The zero-order valence-corrected chi connectivity index (χ0v) is 17.7. The van der Waals surface area contributed by atoms with Crippen LogP contribution in [0, 0.1) is 0 Å². The van der Waals surface area contributed by atoms with E-state index in [1.807, 2.05) is 0 Å². The molecule has 2 rings (SSSR count). The number of rotatable bonds is 11. The summed E-state index contributed by atoms with van der Waals surface area (Å²) in [5.74, 6) is 0. The van der Waals surface area contributed by atoms with E-state index in [1.54, 1.807) is 0 Å². The molecule has 14 atom stereocenters. The Balaban J connectivity index is 2.17. The lowest BCUT2D eigenvalue weighted by molar-refractivity contribution is -0.367. The van der Waals surface area contributed by atoms with Crippen molar-refractivity contribution < 1.29 is 79.9 Å². The number of hydrogen-bond donors (Lipinski definition) is 11. The van der Waals surface area contributed by atoms with Gasteiger partial charge in [-0.1, -0.05) is 0 Å². The van der Waals surface area contributed by atoms with E-state index < -0.39 is 106 Å². The van der Waals surface area contributed by atoms with Crippen LogP contribution in [0.3, 0.4) is 0 Å². The van der Waals surface area contributed by atoms with Crippen LogP contribution in [-0.4, -0.2) is 168 Å². The van der Waals surface area contributed by atoms with Gasteiger partial charge in [-0.05, 0) is 0 Å². The number of aliphatic hydroxyl groups is 11. The first kappa shape index (κ1) is 29.3. The molecule has 0 aromatic heterocycles. The number of hydrogen-bond acceptors (Lipinski definition) is 16. The number of carbonyl (C=O) groups excluding carboxylic acids is 1. The molecule has 2 aliphatic heterocycles. The van der Waals surface area contributed by atoms with Gasteiger partial charge in [0.25, 0.3) is 0 Å². The molecule has 0 saturated carbocycles. The normalized spacial score (nSPS) is 42.6. The fourth-order valence-electron chi connectivity index (χ4n) is 3.60. The summed E-state index contributed by atoms with van der Waals surface area (Å²) < 4.78 is 21.1. The third-order valence-electron chi connectivity index (χ3n) is 5.64. The van der Waals surface area contributed by atoms with Crippen LogP contribution >= 0.6 is 0 Å². The van der Waals surface area contributed by atoms with E-state index in [0.29, 0.717) is 0 Å². The van der Waals surface area contributed by atoms with Gasteiger partial charge in [0.2, 0.25) is 0 Å². The van der Waals surface area contributed by atoms with Crippen molar-refractivity contribution in [3.8, 4) is 0 Å². The molecule has 0 aromatic rings. The van der Waals surface area contributed by atoms with Gasteiger partial charge in [0.15, 0.2) is 18.9 Å². The van der Waals surface area contributed by atoms with Gasteiger partial charge in [-0.2, -0.15) is 0 Å². The zero-order chi connectivity index (χ0) is 25.7. The Hall–Kier alpha value is -0.930. The SMILES string of the molecule is O=C[C@@H](O)[C@@H](O)[C@H](O[C@@H]1O[C@H](CO)[C@@H](O[C@@H]2O[C@H](CO)[C@@H](O)[C@H](O)[C@H]2O)[C@H](O)[C@@H]1O)[C@H](O)CO. The van der Waals surface area contributed by atoms with Crippen molar-refractivity contribution in [2.45, 2.75) is 85.8 Å². The number of ether oxygens (including phenoxy) is 4. The van der Waals surface area contributed by atoms with E-state index in [4.69, 9.17) is 24.1 Å². The Bertz CT molecular complexity index is 621. The monoisotopic (exact) mass is 504 g/mol. The third kappa shape index (κ3) is 6.25. The first-order valence-corrected chi connectivity index (χ1v) is 10.4. The Morgan fingerprint density at radius 1 is 0.765 bits per heavy atom. The molecule has 16 heteroatoms. The topological polar surface area (TPSA) is 277 Å². The smallest absolute Gasteiger partial charge is 0.187 e. The number of carbonyl (C=O) groups is 1. The molecule has 16 nitrogen and oxygen atoms in total. The Morgan fingerprint density at radius 3 is 1.85 bits per heavy atom. The summed E-state index contributed by atoms with van der Waals surface area (Å²) >= 11 is 0. The predicted molar refractivity (Wildman–Crippen MR) is 102 cm³/mol. The van der Waals surface area contributed by atoms with Crippen LogP contribution < -0.4 is 0 Å². The highest BCUT2D eigenvalue weighted by molar-refractivity contribution is 5.56. The molecule has 0 spiro atoms. The second-order valence-corrected chi connectivity index (χ2v) is 7.97. The molecule has 0 unspecified atom stereocenters. The minimum absolute atomic E-state index is 0.0704. The van der Waals surface area contributed by atoms with Crippen molar-refractivity contribution >= 4 is 6.29 Å². The summed E-state index contributed by atoms with van der Waals surface area (Å²) in [4.78, 5) is 10.8. The maximum atomic E-state index is 10.8. The molecule has 0 radical (unpaired) electrons. The lowest BCUT2D eigenvalue weighted by Gasteiger charge is -2.46. The second kappa shape index (κ2) is 12.9. The van der Waals surface area contributed by atoms with Crippen LogP contribution in [0.25, 0.3) is 0 Å². The lowest BCUT2D eigenvalue weighted by Crippen LogP contribution is -2.65. The van der Waals surface area contributed by atoms with Crippen LogP contribution in [-0.2, 0) is 23.7 Å². The van der Waals surface area contributed by atoms with Crippen molar-refractivity contribution in [3.63, 3.8) is 0 Å². The van der Waals surface area contributed by atoms with Crippen molar-refractivity contribution in [3.05, 3.63) is 0 Å². The van der Waals surface area contributed by atoms with Crippen LogP contribution in [0.5, 0.6) is 0 Å². The first-order chi connectivity index (χ1) is 16.0. The van der Waals surface area contributed by atoms with Crippen LogP contribution in [0.2, 0.25) is 0 Å². The van der Waals surface area contributed by atoms with E-state index in [9.17, 15) is 55.9 Å². The highest BCUT2D eigenvalue weighted by Crippen LogP contribution is 2.30. The molecular weight excluding hydrogens is 472 g/mol. The van der Waals surface area contributed by atoms with Gasteiger partial charge in [-0.3, -0.25) is 0 Å². The molecular formula is C18H32O16. The Morgan fingerprint density at radius 2 is 1.32 bits per heavy atom. The average molecular weight is 504 g/mol. The fourth-order valence-corrected chi connectivity index (χ4v) is 3.60. The molecule has 34 heavy (non-hydrogen) atoms. The minimum atomic E-state index is -2.08. The highest BCUT2D eigenvalue weighted by atomic mass is 16.7. The van der Waals surface area contributed by atoms with Gasteiger partial charge in [0.1, 0.15) is 73.2 Å². The van der Waals surface area contributed by atoms with Gasteiger partial charge in [0, 0.05) is 0 Å². The number of aliphatic hydroxyl groups excluding tert-OH is 11. The summed E-state index contributed by atoms with van der Waals surface area (Å²) in [5, 5.41) is 108. The standard InChI is InChI=1S/C18H32O16/c19-1-5(23)9(25)15(6(24)2-20)33-18-14(30)12(28)16(8(4-22)32-18)34-17-13(29)11(27)10(26)7(3-21)31-17/h1,5-18,20-30H,2-4H2/t5-,6-,7-,8-,9-,10-,11+,12-,13-,14+,15-,16-,17+,18+/m1/s1. The molecule has 2 aliphatic rings. The van der Waals surface area contributed by atoms with Crippen molar-refractivity contribution in [1.82, 2.24) is 0 Å². The largest absolute Gasteiger partial charge is 0.394 e. The van der Waals surface area contributed by atoms with E-state index >= 15 is 0 Å². The Kier molecular flexibility index (Phi) is 11.1. The van der Waals surface area contributed by atoms with Gasteiger partial charge in [-0.15, -0.1) is 0 Å².